The summed E-state index contributed by atoms with van der Waals surface area (Å²) in [4.78, 5) is 24.4. The van der Waals surface area contributed by atoms with Crippen molar-refractivity contribution >= 4 is 22.6 Å². The Hall–Kier alpha value is -1.37. The third-order valence-corrected chi connectivity index (χ3v) is 3.58. The molecule has 0 fully saturated rings. The van der Waals surface area contributed by atoms with Gasteiger partial charge in [-0.3, -0.25) is 13.9 Å². The topological polar surface area (TPSA) is 44.0 Å². The predicted molar refractivity (Wildman–Crippen MR) is 83.5 cm³/mol. The molecule has 1 heterocycles. The highest BCUT2D eigenvalue weighted by Crippen LogP contribution is 2.01. The number of aromatic nitrogens is 2. The molecule has 100 valence electrons. The van der Waals surface area contributed by atoms with Gasteiger partial charge >= 0.3 is 5.69 Å². The molecule has 0 spiro atoms. The van der Waals surface area contributed by atoms with Gasteiger partial charge in [0.05, 0.1) is 10.1 Å². The molecule has 0 N–H and O–H groups in total. The first-order chi connectivity index (χ1) is 9.13. The van der Waals surface area contributed by atoms with Crippen LogP contribution in [0, 0.1) is 3.57 Å². The molecule has 0 radical (unpaired) electrons. The third-order valence-electron chi connectivity index (χ3n) is 2.84. The van der Waals surface area contributed by atoms with Gasteiger partial charge in [0, 0.05) is 12.7 Å². The van der Waals surface area contributed by atoms with E-state index in [0.29, 0.717) is 16.7 Å². The van der Waals surface area contributed by atoms with E-state index in [4.69, 9.17) is 0 Å². The second-order valence-electron chi connectivity index (χ2n) is 4.33. The molecule has 0 aliphatic carbocycles. The Balaban J connectivity index is 2.50. The second-order valence-corrected chi connectivity index (χ2v) is 5.49. The summed E-state index contributed by atoms with van der Waals surface area (Å²) in [7, 11) is 0. The lowest BCUT2D eigenvalue weighted by molar-refractivity contribution is 0.566. The first kappa shape index (κ1) is 14.0. The molecule has 0 atom stereocenters. The van der Waals surface area contributed by atoms with E-state index < -0.39 is 0 Å². The van der Waals surface area contributed by atoms with Crippen molar-refractivity contribution in [2.45, 2.75) is 26.4 Å². The maximum atomic E-state index is 12.3. The maximum absolute atomic E-state index is 12.3. The lowest BCUT2D eigenvalue weighted by Crippen LogP contribution is -2.41. The molecule has 0 unspecified atom stereocenters. The van der Waals surface area contributed by atoms with Crippen molar-refractivity contribution in [1.29, 1.82) is 0 Å². The smallest absolute Gasteiger partial charge is 0.299 e. The van der Waals surface area contributed by atoms with Crippen molar-refractivity contribution in [2.24, 2.45) is 0 Å². The van der Waals surface area contributed by atoms with Gasteiger partial charge in [-0.15, -0.1) is 0 Å². The molecule has 0 aliphatic rings. The molecule has 5 heteroatoms. The highest BCUT2D eigenvalue weighted by Gasteiger charge is 2.09. The van der Waals surface area contributed by atoms with E-state index >= 15 is 0 Å². The van der Waals surface area contributed by atoms with E-state index in [9.17, 15) is 9.59 Å². The number of aryl methyl sites for hydroxylation is 1. The molecule has 0 aliphatic heterocycles. The number of rotatable bonds is 4. The van der Waals surface area contributed by atoms with Crippen LogP contribution in [0.4, 0.5) is 0 Å². The molecule has 1 aromatic carbocycles. The van der Waals surface area contributed by atoms with Crippen LogP contribution in [0.3, 0.4) is 0 Å². The Bertz CT molecular complexity index is 674. The van der Waals surface area contributed by atoms with Crippen LogP contribution in [0.15, 0.2) is 46.1 Å². The Morgan fingerprint density at radius 1 is 1.16 bits per heavy atom. The van der Waals surface area contributed by atoms with Gasteiger partial charge in [-0.05, 0) is 34.6 Å². The van der Waals surface area contributed by atoms with Gasteiger partial charge in [-0.1, -0.05) is 37.3 Å². The number of hydrogen-bond acceptors (Lipinski definition) is 2. The Morgan fingerprint density at radius 3 is 2.47 bits per heavy atom. The first-order valence-electron chi connectivity index (χ1n) is 6.17. The molecule has 2 aromatic rings. The molecule has 2 rings (SSSR count). The van der Waals surface area contributed by atoms with E-state index in [1.165, 1.54) is 4.57 Å². The van der Waals surface area contributed by atoms with Crippen LogP contribution in [-0.2, 0) is 13.1 Å². The number of benzene rings is 1. The summed E-state index contributed by atoms with van der Waals surface area (Å²) >= 11 is 1.98. The van der Waals surface area contributed by atoms with Gasteiger partial charge in [0.25, 0.3) is 5.56 Å². The van der Waals surface area contributed by atoms with Gasteiger partial charge in [0.15, 0.2) is 0 Å². The second kappa shape index (κ2) is 6.18. The summed E-state index contributed by atoms with van der Waals surface area (Å²) in [5.41, 5.74) is 0.490. The largest absolute Gasteiger partial charge is 0.331 e. The van der Waals surface area contributed by atoms with Gasteiger partial charge in [0.1, 0.15) is 0 Å². The summed E-state index contributed by atoms with van der Waals surface area (Å²) < 4.78 is 3.47. The minimum absolute atomic E-state index is 0.221. The van der Waals surface area contributed by atoms with E-state index in [1.54, 1.807) is 10.8 Å². The van der Waals surface area contributed by atoms with Gasteiger partial charge in [-0.25, -0.2) is 4.79 Å². The lowest BCUT2D eigenvalue weighted by Gasteiger charge is -2.10. The summed E-state index contributed by atoms with van der Waals surface area (Å²) in [6.07, 6.45) is 2.50. The highest BCUT2D eigenvalue weighted by molar-refractivity contribution is 14.1. The normalized spacial score (nSPS) is 10.6. The van der Waals surface area contributed by atoms with Crippen LogP contribution in [-0.4, -0.2) is 9.13 Å². The number of halogens is 1. The molecule has 19 heavy (non-hydrogen) atoms. The van der Waals surface area contributed by atoms with Crippen molar-refractivity contribution in [3.05, 3.63) is 66.5 Å². The van der Waals surface area contributed by atoms with Crippen LogP contribution in [0.5, 0.6) is 0 Å². The number of hydrogen-bond donors (Lipinski definition) is 0. The average molecular weight is 370 g/mol. The molecule has 0 bridgehead atoms. The van der Waals surface area contributed by atoms with Crippen molar-refractivity contribution in [3.8, 4) is 0 Å². The zero-order valence-electron chi connectivity index (χ0n) is 10.7. The van der Waals surface area contributed by atoms with Crippen LogP contribution in [0.1, 0.15) is 18.9 Å². The van der Waals surface area contributed by atoms with Crippen molar-refractivity contribution in [3.63, 3.8) is 0 Å². The Kier molecular flexibility index (Phi) is 4.57. The van der Waals surface area contributed by atoms with E-state index in [0.717, 1.165) is 12.0 Å². The predicted octanol–water partition coefficient (Wildman–Crippen LogP) is 2.07. The zero-order chi connectivity index (χ0) is 13.8. The average Bonchev–Trinajstić information content (AvgIpc) is 2.42. The molecule has 0 saturated heterocycles. The maximum Gasteiger partial charge on any atom is 0.331 e. The Morgan fingerprint density at radius 2 is 1.84 bits per heavy atom. The van der Waals surface area contributed by atoms with Crippen LogP contribution >= 0.6 is 22.6 Å². The molecule has 0 saturated carbocycles. The van der Waals surface area contributed by atoms with Crippen LogP contribution in [0.25, 0.3) is 0 Å². The first-order valence-corrected chi connectivity index (χ1v) is 7.25. The third kappa shape index (κ3) is 3.15. The van der Waals surface area contributed by atoms with Crippen molar-refractivity contribution < 1.29 is 0 Å². The molecule has 0 amide bonds. The zero-order valence-corrected chi connectivity index (χ0v) is 12.8. The summed E-state index contributed by atoms with van der Waals surface area (Å²) in [6.45, 7) is 2.95. The fourth-order valence-corrected chi connectivity index (χ4v) is 2.55. The summed E-state index contributed by atoms with van der Waals surface area (Å²) in [6, 6.07) is 9.54. The summed E-state index contributed by atoms with van der Waals surface area (Å²) in [5, 5.41) is 0. The van der Waals surface area contributed by atoms with Crippen LogP contribution in [0.2, 0.25) is 0 Å². The monoisotopic (exact) mass is 370 g/mol. The SMILES string of the molecule is CCCn1cc(I)c(=O)n(Cc2ccccc2)c1=O. The van der Waals surface area contributed by atoms with E-state index in [2.05, 4.69) is 0 Å². The fourth-order valence-electron chi connectivity index (χ4n) is 1.92. The highest BCUT2D eigenvalue weighted by atomic mass is 127. The van der Waals surface area contributed by atoms with E-state index in [1.807, 2.05) is 59.8 Å². The summed E-state index contributed by atoms with van der Waals surface area (Å²) in [5.74, 6) is 0. The minimum Gasteiger partial charge on any atom is -0.299 e. The molecule has 1 aromatic heterocycles. The standard InChI is InChI=1S/C14H15IN2O2/c1-2-8-16-10-12(15)13(18)17(14(16)19)9-11-6-4-3-5-7-11/h3-7,10H,2,8-9H2,1H3. The Labute approximate surface area is 124 Å². The number of nitrogens with zero attached hydrogens (tertiary/aromatic N) is 2. The molecule has 4 nitrogen and oxygen atoms in total. The van der Waals surface area contributed by atoms with Crippen molar-refractivity contribution in [1.82, 2.24) is 9.13 Å². The van der Waals surface area contributed by atoms with Crippen LogP contribution < -0.4 is 11.2 Å². The van der Waals surface area contributed by atoms with Gasteiger partial charge < -0.3 is 0 Å². The van der Waals surface area contributed by atoms with Gasteiger partial charge in [0.2, 0.25) is 0 Å². The quantitative estimate of drug-likeness (QED) is 0.774. The van der Waals surface area contributed by atoms with Crippen molar-refractivity contribution in [2.75, 3.05) is 0 Å². The van der Waals surface area contributed by atoms with E-state index in [-0.39, 0.29) is 11.2 Å². The lowest BCUT2D eigenvalue weighted by atomic mass is 10.2. The van der Waals surface area contributed by atoms with Gasteiger partial charge in [-0.2, -0.15) is 0 Å². The molecular weight excluding hydrogens is 355 g/mol. The minimum atomic E-state index is -0.240. The molecular formula is C14H15IN2O2. The fraction of sp³-hybridized carbons (Fsp3) is 0.286.